The molecule has 0 unspecified atom stereocenters. The summed E-state index contributed by atoms with van der Waals surface area (Å²) in [6.45, 7) is 5.83. The van der Waals surface area contributed by atoms with E-state index in [1.54, 1.807) is 0 Å². The Morgan fingerprint density at radius 2 is 1.78 bits per heavy atom. The number of nitrogens with one attached hydrogen (secondary N) is 1. The zero-order valence-corrected chi connectivity index (χ0v) is 11.0. The Labute approximate surface area is 108 Å². The molecule has 0 aromatic heterocycles. The number of rotatable bonds is 2. The third kappa shape index (κ3) is 2.46. The van der Waals surface area contributed by atoms with Crippen LogP contribution in [-0.4, -0.2) is 26.3 Å². The van der Waals surface area contributed by atoms with Crippen molar-refractivity contribution in [3.63, 3.8) is 0 Å². The Morgan fingerprint density at radius 1 is 1.11 bits per heavy atom. The number of benzene rings is 1. The summed E-state index contributed by atoms with van der Waals surface area (Å²) in [6, 6.07) is 4.32. The van der Waals surface area contributed by atoms with Gasteiger partial charge in [-0.05, 0) is 68.5 Å². The number of hydrogen-bond acceptors (Lipinski definition) is 3. The molecule has 1 aromatic rings. The summed E-state index contributed by atoms with van der Waals surface area (Å²) in [4.78, 5) is 0. The lowest BCUT2D eigenvalue weighted by molar-refractivity contribution is 0.171. The summed E-state index contributed by atoms with van der Waals surface area (Å²) in [6.07, 6.45) is 3.74. The highest BCUT2D eigenvalue weighted by atomic mass is 16.6. The van der Waals surface area contributed by atoms with Gasteiger partial charge in [0, 0.05) is 0 Å². The van der Waals surface area contributed by atoms with Crippen molar-refractivity contribution in [2.75, 3.05) is 26.3 Å². The number of fused-ring (bicyclic) bond motifs is 1. The molecule has 1 aromatic carbocycles. The van der Waals surface area contributed by atoms with Crippen LogP contribution in [0.3, 0.4) is 0 Å². The minimum absolute atomic E-state index is 0.667. The highest BCUT2D eigenvalue weighted by Crippen LogP contribution is 2.34. The van der Waals surface area contributed by atoms with E-state index in [0.717, 1.165) is 30.5 Å². The summed E-state index contributed by atoms with van der Waals surface area (Å²) < 4.78 is 11.3. The molecular weight excluding hydrogens is 226 g/mol. The molecule has 2 aliphatic heterocycles. The first-order chi connectivity index (χ1) is 8.83. The van der Waals surface area contributed by atoms with E-state index in [-0.39, 0.29) is 0 Å². The van der Waals surface area contributed by atoms with Gasteiger partial charge in [0.2, 0.25) is 0 Å². The molecule has 98 valence electrons. The van der Waals surface area contributed by atoms with Crippen molar-refractivity contribution in [3.8, 4) is 11.5 Å². The molecule has 0 bridgehead atoms. The molecule has 0 spiro atoms. The summed E-state index contributed by atoms with van der Waals surface area (Å²) >= 11 is 0. The van der Waals surface area contributed by atoms with Crippen LogP contribution >= 0.6 is 0 Å². The fourth-order valence-corrected chi connectivity index (χ4v) is 2.85. The fourth-order valence-electron chi connectivity index (χ4n) is 2.85. The van der Waals surface area contributed by atoms with Crippen molar-refractivity contribution in [3.05, 3.63) is 23.3 Å². The van der Waals surface area contributed by atoms with E-state index in [1.807, 2.05) is 0 Å². The zero-order valence-electron chi connectivity index (χ0n) is 11.0. The zero-order chi connectivity index (χ0) is 12.4. The normalized spacial score (nSPS) is 19.8. The van der Waals surface area contributed by atoms with Crippen molar-refractivity contribution >= 4 is 0 Å². The van der Waals surface area contributed by atoms with E-state index >= 15 is 0 Å². The molecule has 1 fully saturated rings. The third-order valence-electron chi connectivity index (χ3n) is 3.97. The molecule has 0 amide bonds. The van der Waals surface area contributed by atoms with Crippen LogP contribution in [0, 0.1) is 12.8 Å². The SMILES string of the molecule is Cc1cc2c(cc1CC1CCNCC1)OCCO2. The predicted molar refractivity (Wildman–Crippen MR) is 71.5 cm³/mol. The van der Waals surface area contributed by atoms with Crippen LogP contribution < -0.4 is 14.8 Å². The second-order valence-corrected chi connectivity index (χ2v) is 5.32. The molecule has 2 heterocycles. The Bertz CT molecular complexity index is 425. The van der Waals surface area contributed by atoms with Gasteiger partial charge in [-0.15, -0.1) is 0 Å². The van der Waals surface area contributed by atoms with Gasteiger partial charge in [-0.2, -0.15) is 0 Å². The monoisotopic (exact) mass is 247 g/mol. The van der Waals surface area contributed by atoms with Gasteiger partial charge < -0.3 is 14.8 Å². The second-order valence-electron chi connectivity index (χ2n) is 5.32. The number of piperidine rings is 1. The van der Waals surface area contributed by atoms with Gasteiger partial charge in [0.25, 0.3) is 0 Å². The van der Waals surface area contributed by atoms with Crippen LogP contribution in [0.15, 0.2) is 12.1 Å². The molecule has 0 aliphatic carbocycles. The standard InChI is InChI=1S/C15H21NO2/c1-11-8-14-15(18-7-6-17-14)10-13(11)9-12-2-4-16-5-3-12/h8,10,12,16H,2-7,9H2,1H3. The van der Waals surface area contributed by atoms with Crippen LogP contribution in [-0.2, 0) is 6.42 Å². The maximum absolute atomic E-state index is 5.67. The number of aryl methyl sites for hydroxylation is 1. The fraction of sp³-hybridized carbons (Fsp3) is 0.600. The molecule has 0 saturated carbocycles. The molecule has 1 N–H and O–H groups in total. The van der Waals surface area contributed by atoms with E-state index < -0.39 is 0 Å². The summed E-state index contributed by atoms with van der Waals surface area (Å²) in [5.74, 6) is 2.65. The topological polar surface area (TPSA) is 30.5 Å². The van der Waals surface area contributed by atoms with Crippen molar-refractivity contribution < 1.29 is 9.47 Å². The largest absolute Gasteiger partial charge is 0.486 e. The van der Waals surface area contributed by atoms with Crippen LogP contribution in [0.5, 0.6) is 11.5 Å². The minimum Gasteiger partial charge on any atom is -0.486 e. The minimum atomic E-state index is 0.667. The molecule has 0 radical (unpaired) electrons. The summed E-state index contributed by atoms with van der Waals surface area (Å²) in [5.41, 5.74) is 2.75. The van der Waals surface area contributed by atoms with Crippen molar-refractivity contribution in [2.45, 2.75) is 26.2 Å². The van der Waals surface area contributed by atoms with Gasteiger partial charge in [0.05, 0.1) is 0 Å². The van der Waals surface area contributed by atoms with Gasteiger partial charge in [-0.3, -0.25) is 0 Å². The van der Waals surface area contributed by atoms with Crippen LogP contribution in [0.2, 0.25) is 0 Å². The smallest absolute Gasteiger partial charge is 0.161 e. The van der Waals surface area contributed by atoms with E-state index in [4.69, 9.17) is 9.47 Å². The highest BCUT2D eigenvalue weighted by Gasteiger charge is 2.18. The third-order valence-corrected chi connectivity index (χ3v) is 3.97. The highest BCUT2D eigenvalue weighted by molar-refractivity contribution is 5.47. The van der Waals surface area contributed by atoms with Crippen LogP contribution in [0.25, 0.3) is 0 Å². The van der Waals surface area contributed by atoms with Crippen LogP contribution in [0.4, 0.5) is 0 Å². The lowest BCUT2D eigenvalue weighted by Crippen LogP contribution is -2.28. The molecule has 1 saturated heterocycles. The van der Waals surface area contributed by atoms with E-state index in [0.29, 0.717) is 13.2 Å². The van der Waals surface area contributed by atoms with E-state index in [1.165, 1.54) is 30.4 Å². The van der Waals surface area contributed by atoms with Crippen molar-refractivity contribution in [2.24, 2.45) is 5.92 Å². The molecule has 18 heavy (non-hydrogen) atoms. The van der Waals surface area contributed by atoms with Gasteiger partial charge in [0.15, 0.2) is 11.5 Å². The van der Waals surface area contributed by atoms with Gasteiger partial charge in [-0.25, -0.2) is 0 Å². The molecule has 3 nitrogen and oxygen atoms in total. The van der Waals surface area contributed by atoms with Gasteiger partial charge in [0.1, 0.15) is 13.2 Å². The summed E-state index contributed by atoms with van der Waals surface area (Å²) in [5, 5.41) is 3.42. The van der Waals surface area contributed by atoms with Crippen molar-refractivity contribution in [1.29, 1.82) is 0 Å². The van der Waals surface area contributed by atoms with Gasteiger partial charge in [-0.1, -0.05) is 0 Å². The second kappa shape index (κ2) is 5.19. The lowest BCUT2D eigenvalue weighted by Gasteiger charge is -2.25. The van der Waals surface area contributed by atoms with E-state index in [2.05, 4.69) is 24.4 Å². The number of ether oxygens (including phenoxy) is 2. The molecule has 0 atom stereocenters. The maximum atomic E-state index is 5.67. The first kappa shape index (κ1) is 11.8. The summed E-state index contributed by atoms with van der Waals surface area (Å²) in [7, 11) is 0. The first-order valence-corrected chi connectivity index (χ1v) is 6.93. The Kier molecular flexibility index (Phi) is 3.41. The van der Waals surface area contributed by atoms with Gasteiger partial charge >= 0.3 is 0 Å². The maximum Gasteiger partial charge on any atom is 0.161 e. The predicted octanol–water partition coefficient (Wildman–Crippen LogP) is 2.31. The molecule has 3 rings (SSSR count). The number of hydrogen-bond donors (Lipinski definition) is 1. The molecular formula is C15H21NO2. The molecule has 3 heteroatoms. The van der Waals surface area contributed by atoms with Crippen LogP contribution in [0.1, 0.15) is 24.0 Å². The average molecular weight is 247 g/mol. The Hall–Kier alpha value is -1.22. The quantitative estimate of drug-likeness (QED) is 0.870. The first-order valence-electron chi connectivity index (χ1n) is 6.93. The molecule has 2 aliphatic rings. The van der Waals surface area contributed by atoms with Crippen molar-refractivity contribution in [1.82, 2.24) is 5.32 Å². The Balaban J connectivity index is 1.78. The Morgan fingerprint density at radius 3 is 2.50 bits per heavy atom. The average Bonchev–Trinajstić information content (AvgIpc) is 2.41. The lowest BCUT2D eigenvalue weighted by atomic mass is 9.89. The van der Waals surface area contributed by atoms with E-state index in [9.17, 15) is 0 Å².